The summed E-state index contributed by atoms with van der Waals surface area (Å²) in [6.07, 6.45) is 6.47. The molecule has 2 aromatic rings. The van der Waals surface area contributed by atoms with Crippen LogP contribution in [-0.4, -0.2) is 61.2 Å². The van der Waals surface area contributed by atoms with Gasteiger partial charge in [0.1, 0.15) is 11.6 Å². The molecule has 0 amide bonds. The average Bonchev–Trinajstić information content (AvgIpc) is 2.80. The molecule has 31 heavy (non-hydrogen) atoms. The summed E-state index contributed by atoms with van der Waals surface area (Å²) in [7, 11) is 2.20. The molecule has 5 heteroatoms. The second-order valence-corrected chi connectivity index (χ2v) is 10.3. The quantitative estimate of drug-likeness (QED) is 0.708. The Hall–Kier alpha value is -2.14. The monoisotopic (exact) mass is 421 g/mol. The molecule has 4 heterocycles. The summed E-state index contributed by atoms with van der Waals surface area (Å²) >= 11 is 0. The van der Waals surface area contributed by atoms with E-state index in [0.717, 1.165) is 50.9 Å². The lowest BCUT2D eigenvalue weighted by atomic mass is 9.70. The number of hydrogen-bond donors (Lipinski definition) is 0. The van der Waals surface area contributed by atoms with Crippen LogP contribution in [0.5, 0.6) is 0 Å². The van der Waals surface area contributed by atoms with Crippen LogP contribution in [0.1, 0.15) is 57.6 Å². The van der Waals surface area contributed by atoms with Crippen molar-refractivity contribution in [2.45, 2.75) is 51.9 Å². The Labute approximate surface area is 188 Å². The molecule has 0 aliphatic carbocycles. The Balaban J connectivity index is 1.52. The van der Waals surface area contributed by atoms with Gasteiger partial charge in [-0.25, -0.2) is 9.97 Å². The molecule has 5 nitrogen and oxygen atoms in total. The summed E-state index contributed by atoms with van der Waals surface area (Å²) < 4.78 is 0. The van der Waals surface area contributed by atoms with E-state index in [0.29, 0.717) is 11.8 Å². The van der Waals surface area contributed by atoms with E-state index in [1.165, 1.54) is 24.0 Å². The molecule has 0 radical (unpaired) electrons. The van der Waals surface area contributed by atoms with Gasteiger partial charge in [-0.2, -0.15) is 0 Å². The third-order valence-electron chi connectivity index (χ3n) is 7.52. The zero-order valence-electron chi connectivity index (χ0n) is 20.0. The van der Waals surface area contributed by atoms with Crippen molar-refractivity contribution in [3.05, 3.63) is 47.8 Å². The summed E-state index contributed by atoms with van der Waals surface area (Å²) in [4.78, 5) is 16.8. The van der Waals surface area contributed by atoms with Gasteiger partial charge in [0.2, 0.25) is 0 Å². The second kappa shape index (κ2) is 9.15. The van der Waals surface area contributed by atoms with Crippen LogP contribution in [0.15, 0.2) is 36.7 Å². The number of likely N-dealkylation sites (N-methyl/N-ethyl adjacent to an activating group) is 1. The predicted octanol–water partition coefficient (Wildman–Crippen LogP) is 4.55. The first kappa shape index (κ1) is 22.1. The maximum absolute atomic E-state index is 4.72. The SMILES string of the molecule is CC(C)c1ccnc(N2CCCC(C(C)(C)c3ccnc(N4CCN(C)CC4)c3)C2)c1. The largest absolute Gasteiger partial charge is 0.356 e. The number of rotatable bonds is 5. The fraction of sp³-hybridized carbons (Fsp3) is 0.615. The highest BCUT2D eigenvalue weighted by Crippen LogP contribution is 2.39. The van der Waals surface area contributed by atoms with Crippen LogP contribution in [0.2, 0.25) is 0 Å². The fourth-order valence-corrected chi connectivity index (χ4v) is 5.00. The first-order valence-corrected chi connectivity index (χ1v) is 12.0. The molecule has 4 rings (SSSR count). The molecule has 168 valence electrons. The minimum absolute atomic E-state index is 0.0958. The number of nitrogens with zero attached hydrogens (tertiary/aromatic N) is 5. The van der Waals surface area contributed by atoms with Crippen molar-refractivity contribution in [2.75, 3.05) is 56.1 Å². The second-order valence-electron chi connectivity index (χ2n) is 10.3. The summed E-state index contributed by atoms with van der Waals surface area (Å²) in [6.45, 7) is 15.8. The van der Waals surface area contributed by atoms with Gasteiger partial charge < -0.3 is 14.7 Å². The Bertz CT molecular complexity index is 870. The van der Waals surface area contributed by atoms with Gasteiger partial charge in [0, 0.05) is 51.7 Å². The lowest BCUT2D eigenvalue weighted by Gasteiger charge is -2.43. The zero-order valence-corrected chi connectivity index (χ0v) is 20.0. The molecule has 2 aromatic heterocycles. The molecule has 2 saturated heterocycles. The van der Waals surface area contributed by atoms with Gasteiger partial charge in [0.05, 0.1) is 0 Å². The first-order valence-electron chi connectivity index (χ1n) is 12.0. The molecule has 2 fully saturated rings. The highest BCUT2D eigenvalue weighted by Gasteiger charge is 2.35. The third-order valence-corrected chi connectivity index (χ3v) is 7.52. The van der Waals surface area contributed by atoms with Crippen molar-refractivity contribution in [2.24, 2.45) is 5.92 Å². The van der Waals surface area contributed by atoms with Crippen molar-refractivity contribution in [1.82, 2.24) is 14.9 Å². The topological polar surface area (TPSA) is 35.5 Å². The summed E-state index contributed by atoms with van der Waals surface area (Å²) in [5, 5.41) is 0. The molecule has 1 atom stereocenters. The number of aromatic nitrogens is 2. The van der Waals surface area contributed by atoms with Crippen molar-refractivity contribution in [3.8, 4) is 0 Å². The Morgan fingerprint density at radius 2 is 1.58 bits per heavy atom. The minimum Gasteiger partial charge on any atom is -0.356 e. The molecular formula is C26H39N5. The number of pyridine rings is 2. The third kappa shape index (κ3) is 4.87. The van der Waals surface area contributed by atoms with Crippen LogP contribution in [0.25, 0.3) is 0 Å². The van der Waals surface area contributed by atoms with E-state index in [9.17, 15) is 0 Å². The Morgan fingerprint density at radius 3 is 2.29 bits per heavy atom. The minimum atomic E-state index is 0.0958. The Morgan fingerprint density at radius 1 is 0.903 bits per heavy atom. The molecule has 0 aromatic carbocycles. The van der Waals surface area contributed by atoms with Crippen molar-refractivity contribution < 1.29 is 0 Å². The maximum atomic E-state index is 4.72. The summed E-state index contributed by atoms with van der Waals surface area (Å²) in [6, 6.07) is 9.02. The van der Waals surface area contributed by atoms with Crippen LogP contribution in [0.3, 0.4) is 0 Å². The normalized spacial score (nSPS) is 21.0. The van der Waals surface area contributed by atoms with E-state index >= 15 is 0 Å². The van der Waals surface area contributed by atoms with Crippen molar-refractivity contribution >= 4 is 11.6 Å². The standard InChI is InChI=1S/C26H39N5/c1-20(2)21-8-10-27-24(17-21)31-12-6-7-23(19-31)26(3,4)22-9-11-28-25(18-22)30-15-13-29(5)14-16-30/h8-11,17-18,20,23H,6-7,12-16,19H2,1-5H3. The molecule has 2 aliphatic heterocycles. The number of anilines is 2. The van der Waals surface area contributed by atoms with Crippen molar-refractivity contribution in [3.63, 3.8) is 0 Å². The van der Waals surface area contributed by atoms with E-state index < -0.39 is 0 Å². The average molecular weight is 422 g/mol. The van der Waals surface area contributed by atoms with Gasteiger partial charge in [0.15, 0.2) is 0 Å². The molecule has 0 N–H and O–H groups in total. The zero-order chi connectivity index (χ0) is 22.0. The van der Waals surface area contributed by atoms with Crippen LogP contribution >= 0.6 is 0 Å². The van der Waals surface area contributed by atoms with E-state index in [4.69, 9.17) is 9.97 Å². The predicted molar refractivity (Wildman–Crippen MR) is 130 cm³/mol. The number of hydrogen-bond acceptors (Lipinski definition) is 5. The molecule has 1 unspecified atom stereocenters. The molecule has 0 saturated carbocycles. The summed E-state index contributed by atoms with van der Waals surface area (Å²) in [5.41, 5.74) is 2.88. The van der Waals surface area contributed by atoms with Crippen LogP contribution in [0, 0.1) is 5.92 Å². The van der Waals surface area contributed by atoms with Gasteiger partial charge in [-0.05, 0) is 72.5 Å². The Kier molecular flexibility index (Phi) is 6.52. The van der Waals surface area contributed by atoms with Gasteiger partial charge >= 0.3 is 0 Å². The lowest BCUT2D eigenvalue weighted by Crippen LogP contribution is -2.45. The van der Waals surface area contributed by atoms with Gasteiger partial charge in [-0.3, -0.25) is 0 Å². The van der Waals surface area contributed by atoms with Gasteiger partial charge in [0.25, 0.3) is 0 Å². The highest BCUT2D eigenvalue weighted by atomic mass is 15.3. The van der Waals surface area contributed by atoms with Crippen LogP contribution in [0.4, 0.5) is 11.6 Å². The highest BCUT2D eigenvalue weighted by molar-refractivity contribution is 5.45. The van der Waals surface area contributed by atoms with Gasteiger partial charge in [-0.1, -0.05) is 27.7 Å². The first-order chi connectivity index (χ1) is 14.8. The fourth-order valence-electron chi connectivity index (χ4n) is 5.00. The van der Waals surface area contributed by atoms with Crippen LogP contribution in [-0.2, 0) is 5.41 Å². The maximum Gasteiger partial charge on any atom is 0.128 e. The van der Waals surface area contributed by atoms with Crippen molar-refractivity contribution in [1.29, 1.82) is 0 Å². The molecule has 0 bridgehead atoms. The molecule has 0 spiro atoms. The summed E-state index contributed by atoms with van der Waals surface area (Å²) in [5.74, 6) is 3.40. The van der Waals surface area contributed by atoms with E-state index in [1.54, 1.807) is 0 Å². The number of piperazine rings is 1. The smallest absolute Gasteiger partial charge is 0.128 e. The molecule has 2 aliphatic rings. The van der Waals surface area contributed by atoms with E-state index in [2.05, 4.69) is 73.7 Å². The van der Waals surface area contributed by atoms with E-state index in [1.807, 2.05) is 12.4 Å². The van der Waals surface area contributed by atoms with Crippen LogP contribution < -0.4 is 9.80 Å². The van der Waals surface area contributed by atoms with Gasteiger partial charge in [-0.15, -0.1) is 0 Å². The lowest BCUT2D eigenvalue weighted by molar-refractivity contribution is 0.270. The molecular weight excluding hydrogens is 382 g/mol. The van der Waals surface area contributed by atoms with E-state index in [-0.39, 0.29) is 5.41 Å². The number of piperidine rings is 1.